The highest BCUT2D eigenvalue weighted by atomic mass is 35.5. The Morgan fingerprint density at radius 2 is 1.75 bits per heavy atom. The van der Waals surface area contributed by atoms with E-state index in [4.69, 9.17) is 21.1 Å². The summed E-state index contributed by atoms with van der Waals surface area (Å²) in [6.07, 6.45) is 2.56. The van der Waals surface area contributed by atoms with E-state index >= 15 is 0 Å². The van der Waals surface area contributed by atoms with Crippen molar-refractivity contribution >= 4 is 17.5 Å². The maximum atomic E-state index is 13.4. The highest BCUT2D eigenvalue weighted by molar-refractivity contribution is 6.33. The third kappa shape index (κ3) is 3.87. The van der Waals surface area contributed by atoms with Gasteiger partial charge in [-0.15, -0.1) is 0 Å². The summed E-state index contributed by atoms with van der Waals surface area (Å²) < 4.78 is 37.6. The van der Waals surface area contributed by atoms with Gasteiger partial charge in [-0.1, -0.05) is 11.6 Å². The van der Waals surface area contributed by atoms with E-state index in [0.717, 1.165) is 38.2 Å². The van der Waals surface area contributed by atoms with Gasteiger partial charge >= 0.3 is 0 Å². The molecule has 0 aliphatic carbocycles. The van der Waals surface area contributed by atoms with E-state index in [1.54, 1.807) is 0 Å². The molecule has 1 aromatic rings. The van der Waals surface area contributed by atoms with Crippen LogP contribution in [0.15, 0.2) is 12.1 Å². The summed E-state index contributed by atoms with van der Waals surface area (Å²) in [4.78, 5) is 12.5. The molecule has 7 heteroatoms. The zero-order valence-corrected chi connectivity index (χ0v) is 14.0. The Morgan fingerprint density at radius 1 is 1.08 bits per heavy atom. The first-order valence-corrected chi connectivity index (χ1v) is 8.55. The van der Waals surface area contributed by atoms with Gasteiger partial charge in [-0.3, -0.25) is 4.79 Å². The van der Waals surface area contributed by atoms with Crippen LogP contribution < -0.4 is 5.32 Å². The molecule has 24 heavy (non-hydrogen) atoms. The minimum atomic E-state index is -1.09. The van der Waals surface area contributed by atoms with Crippen molar-refractivity contribution in [1.82, 2.24) is 5.32 Å². The molecule has 0 aromatic heterocycles. The lowest BCUT2D eigenvalue weighted by Gasteiger charge is -2.39. The first-order valence-electron chi connectivity index (χ1n) is 8.17. The first kappa shape index (κ1) is 17.6. The lowest BCUT2D eigenvalue weighted by Crippen LogP contribution is -2.49. The summed E-state index contributed by atoms with van der Waals surface area (Å²) in [7, 11) is 0. The van der Waals surface area contributed by atoms with E-state index < -0.39 is 17.5 Å². The fraction of sp³-hybridized carbons (Fsp3) is 0.588. The van der Waals surface area contributed by atoms with Crippen molar-refractivity contribution in [3.63, 3.8) is 0 Å². The maximum absolute atomic E-state index is 13.4. The lowest BCUT2D eigenvalue weighted by molar-refractivity contribution is -0.0259. The van der Waals surface area contributed by atoms with E-state index in [1.807, 2.05) is 0 Å². The van der Waals surface area contributed by atoms with Crippen LogP contribution >= 0.6 is 11.6 Å². The molecule has 2 heterocycles. The lowest BCUT2D eigenvalue weighted by atomic mass is 9.79. The fourth-order valence-electron chi connectivity index (χ4n) is 3.49. The van der Waals surface area contributed by atoms with Crippen LogP contribution in [0.5, 0.6) is 0 Å². The molecule has 2 atom stereocenters. The number of hydrogen-bond acceptors (Lipinski definition) is 3. The predicted molar refractivity (Wildman–Crippen MR) is 85.1 cm³/mol. The van der Waals surface area contributed by atoms with Gasteiger partial charge in [0, 0.05) is 31.8 Å². The minimum Gasteiger partial charge on any atom is -0.381 e. The maximum Gasteiger partial charge on any atom is 0.253 e. The van der Waals surface area contributed by atoms with Crippen molar-refractivity contribution in [2.75, 3.05) is 26.4 Å². The minimum absolute atomic E-state index is 0.0483. The van der Waals surface area contributed by atoms with E-state index in [1.165, 1.54) is 0 Å². The second-order valence-electron chi connectivity index (χ2n) is 6.30. The van der Waals surface area contributed by atoms with Gasteiger partial charge in [0.2, 0.25) is 0 Å². The molecule has 2 aliphatic heterocycles. The quantitative estimate of drug-likeness (QED) is 0.843. The van der Waals surface area contributed by atoms with Gasteiger partial charge in [0.15, 0.2) is 11.6 Å². The molecule has 0 spiro atoms. The SMILES string of the molecule is O=C(N[C@H]1CCOC[C@H]1C1CCOCC1)c1cc(F)c(F)cc1Cl. The molecule has 0 bridgehead atoms. The molecule has 4 nitrogen and oxygen atoms in total. The molecule has 3 rings (SSSR count). The molecule has 0 saturated carbocycles. The fourth-order valence-corrected chi connectivity index (χ4v) is 3.73. The molecular weight excluding hydrogens is 340 g/mol. The zero-order chi connectivity index (χ0) is 17.1. The topological polar surface area (TPSA) is 47.6 Å². The van der Waals surface area contributed by atoms with Crippen LogP contribution in [0.2, 0.25) is 5.02 Å². The summed E-state index contributed by atoms with van der Waals surface area (Å²) in [6.45, 7) is 2.59. The third-order valence-corrected chi connectivity index (χ3v) is 5.16. The average Bonchev–Trinajstić information content (AvgIpc) is 2.59. The Kier molecular flexibility index (Phi) is 5.69. The normalized spacial score (nSPS) is 25.5. The number of benzene rings is 1. The largest absolute Gasteiger partial charge is 0.381 e. The van der Waals surface area contributed by atoms with Gasteiger partial charge in [-0.05, 0) is 37.3 Å². The Balaban J connectivity index is 1.72. The molecule has 2 aliphatic rings. The third-order valence-electron chi connectivity index (χ3n) is 4.84. The van der Waals surface area contributed by atoms with Gasteiger partial charge in [0.25, 0.3) is 5.91 Å². The van der Waals surface area contributed by atoms with Gasteiger partial charge < -0.3 is 14.8 Å². The monoisotopic (exact) mass is 359 g/mol. The van der Waals surface area contributed by atoms with E-state index in [-0.39, 0.29) is 22.5 Å². The van der Waals surface area contributed by atoms with Crippen LogP contribution in [0.1, 0.15) is 29.6 Å². The molecule has 132 valence electrons. The van der Waals surface area contributed by atoms with Crippen LogP contribution in [0, 0.1) is 23.5 Å². The number of carbonyl (C=O) groups is 1. The van der Waals surface area contributed by atoms with Gasteiger partial charge in [0.05, 0.1) is 17.2 Å². The number of rotatable bonds is 3. The standard InChI is InChI=1S/C17H20ClF2NO3/c18-13-8-15(20)14(19)7-11(13)17(22)21-16-3-6-24-9-12(16)10-1-4-23-5-2-10/h7-8,10,12,16H,1-6,9H2,(H,21,22)/t12-,16-/m0/s1. The zero-order valence-electron chi connectivity index (χ0n) is 13.2. The Hall–Kier alpha value is -1.24. The Bertz CT molecular complexity index is 608. The van der Waals surface area contributed by atoms with Crippen LogP contribution in [-0.4, -0.2) is 38.4 Å². The van der Waals surface area contributed by atoms with Crippen molar-refractivity contribution < 1.29 is 23.0 Å². The molecule has 1 aromatic carbocycles. The van der Waals surface area contributed by atoms with E-state index in [0.29, 0.717) is 25.6 Å². The molecule has 1 amide bonds. The molecule has 0 radical (unpaired) electrons. The molecule has 0 unspecified atom stereocenters. The Labute approximate surface area is 144 Å². The van der Waals surface area contributed by atoms with Crippen LogP contribution in [0.4, 0.5) is 8.78 Å². The summed E-state index contributed by atoms with van der Waals surface area (Å²) in [5.41, 5.74) is -0.0483. The number of ether oxygens (including phenoxy) is 2. The number of amides is 1. The molecule has 1 N–H and O–H groups in total. The second kappa shape index (κ2) is 7.76. The second-order valence-corrected chi connectivity index (χ2v) is 6.71. The van der Waals surface area contributed by atoms with Crippen molar-refractivity contribution in [2.45, 2.75) is 25.3 Å². The molecule has 2 saturated heterocycles. The van der Waals surface area contributed by atoms with Crippen LogP contribution in [0.25, 0.3) is 0 Å². The number of carbonyl (C=O) groups excluding carboxylic acids is 1. The number of halogens is 3. The highest BCUT2D eigenvalue weighted by Crippen LogP contribution is 2.31. The van der Waals surface area contributed by atoms with Crippen LogP contribution in [-0.2, 0) is 9.47 Å². The highest BCUT2D eigenvalue weighted by Gasteiger charge is 2.34. The summed E-state index contributed by atoms with van der Waals surface area (Å²) >= 11 is 5.89. The smallest absolute Gasteiger partial charge is 0.253 e. The molecule has 2 fully saturated rings. The Morgan fingerprint density at radius 3 is 2.50 bits per heavy atom. The van der Waals surface area contributed by atoms with Crippen LogP contribution in [0.3, 0.4) is 0 Å². The summed E-state index contributed by atoms with van der Waals surface area (Å²) in [5.74, 6) is -2.02. The number of nitrogens with one attached hydrogen (secondary N) is 1. The van der Waals surface area contributed by atoms with E-state index in [2.05, 4.69) is 5.32 Å². The predicted octanol–water partition coefficient (Wildman–Crippen LogP) is 3.18. The van der Waals surface area contributed by atoms with Crippen molar-refractivity contribution in [3.8, 4) is 0 Å². The summed E-state index contributed by atoms with van der Waals surface area (Å²) in [6, 6.07) is 1.60. The van der Waals surface area contributed by atoms with Crippen molar-refractivity contribution in [2.24, 2.45) is 11.8 Å². The van der Waals surface area contributed by atoms with Gasteiger partial charge in [-0.25, -0.2) is 8.78 Å². The summed E-state index contributed by atoms with van der Waals surface area (Å²) in [5, 5.41) is 2.84. The van der Waals surface area contributed by atoms with Gasteiger partial charge in [-0.2, -0.15) is 0 Å². The first-order chi connectivity index (χ1) is 11.6. The molecular formula is C17H20ClF2NO3. The van der Waals surface area contributed by atoms with Crippen molar-refractivity contribution in [3.05, 3.63) is 34.4 Å². The number of hydrogen-bond donors (Lipinski definition) is 1. The average molecular weight is 360 g/mol. The van der Waals surface area contributed by atoms with Gasteiger partial charge in [0.1, 0.15) is 0 Å². The van der Waals surface area contributed by atoms with E-state index in [9.17, 15) is 13.6 Å². The van der Waals surface area contributed by atoms with Crippen molar-refractivity contribution in [1.29, 1.82) is 0 Å².